The normalized spacial score (nSPS) is 17.0. The summed E-state index contributed by atoms with van der Waals surface area (Å²) in [7, 11) is 0. The van der Waals surface area contributed by atoms with Crippen molar-refractivity contribution in [2.75, 3.05) is 26.2 Å². The highest BCUT2D eigenvalue weighted by molar-refractivity contribution is 6.30. The smallest absolute Gasteiger partial charge is 0.166 e. The van der Waals surface area contributed by atoms with Crippen molar-refractivity contribution >= 4 is 17.4 Å². The van der Waals surface area contributed by atoms with Gasteiger partial charge in [-0.2, -0.15) is 0 Å². The highest BCUT2D eigenvalue weighted by atomic mass is 35.5. The summed E-state index contributed by atoms with van der Waals surface area (Å²) in [4.78, 5) is 14.8. The van der Waals surface area contributed by atoms with Gasteiger partial charge in [0.25, 0.3) is 0 Å². The Balaban J connectivity index is 1.41. The van der Waals surface area contributed by atoms with Crippen LogP contribution in [0.1, 0.15) is 23.2 Å². The number of β-amino-alcohol motifs (C(OH)–C–C–N with tert-alkyl or cyclic N) is 1. The maximum absolute atomic E-state index is 12.6. The molecule has 1 N–H and O–H groups in total. The molecule has 0 unspecified atom stereocenters. The lowest BCUT2D eigenvalue weighted by Crippen LogP contribution is -2.42. The number of carbonyl (C=O) groups excluding carboxylic acids is 1. The molecule has 0 aliphatic carbocycles. The number of rotatable bonds is 7. The Labute approximate surface area is 159 Å². The number of carbonyl (C=O) groups is 1. The highest BCUT2D eigenvalue weighted by Crippen LogP contribution is 2.23. The molecule has 4 nitrogen and oxygen atoms in total. The zero-order chi connectivity index (χ0) is 18.4. The number of ether oxygens (including phenoxy) is 1. The molecule has 138 valence electrons. The van der Waals surface area contributed by atoms with Crippen molar-refractivity contribution in [3.8, 4) is 5.75 Å². The summed E-state index contributed by atoms with van der Waals surface area (Å²) in [5.41, 5.74) is 0.726. The average molecular weight is 374 g/mol. The number of nitrogens with zero attached hydrogens (tertiary/aromatic N) is 1. The van der Waals surface area contributed by atoms with E-state index in [4.69, 9.17) is 16.3 Å². The molecular weight excluding hydrogens is 350 g/mol. The topological polar surface area (TPSA) is 49.8 Å². The molecule has 1 aliphatic rings. The standard InChI is InChI=1S/C21H24ClNO3/c22-18-8-6-16(7-9-18)21(25)17-10-12-23(13-11-17)14-19(24)15-26-20-4-2-1-3-5-20/h1-9,17,19,24H,10-15H2/t19-/m0/s1. The molecule has 3 rings (SSSR count). The van der Waals surface area contributed by atoms with Gasteiger partial charge in [0.15, 0.2) is 5.78 Å². The second kappa shape index (κ2) is 9.17. The van der Waals surface area contributed by atoms with Gasteiger partial charge in [-0.25, -0.2) is 0 Å². The first kappa shape index (κ1) is 18.9. The Morgan fingerprint density at radius 3 is 2.42 bits per heavy atom. The van der Waals surface area contributed by atoms with Crippen molar-refractivity contribution in [3.63, 3.8) is 0 Å². The number of aliphatic hydroxyl groups excluding tert-OH is 1. The largest absolute Gasteiger partial charge is 0.491 e. The molecule has 26 heavy (non-hydrogen) atoms. The number of hydrogen-bond donors (Lipinski definition) is 1. The summed E-state index contributed by atoms with van der Waals surface area (Å²) in [6, 6.07) is 16.6. The molecule has 1 saturated heterocycles. The first-order valence-corrected chi connectivity index (χ1v) is 9.37. The number of halogens is 1. The number of likely N-dealkylation sites (tertiary alicyclic amines) is 1. The number of Topliss-reactive ketones (excluding diaryl/α,β-unsaturated/α-hetero) is 1. The summed E-state index contributed by atoms with van der Waals surface area (Å²) < 4.78 is 5.59. The van der Waals surface area contributed by atoms with Gasteiger partial charge in [0.05, 0.1) is 0 Å². The molecule has 0 aromatic heterocycles. The van der Waals surface area contributed by atoms with Crippen molar-refractivity contribution in [3.05, 3.63) is 65.2 Å². The van der Waals surface area contributed by atoms with Gasteiger partial charge in [-0.05, 0) is 62.3 Å². The predicted molar refractivity (Wildman–Crippen MR) is 103 cm³/mol. The molecule has 1 fully saturated rings. The van der Waals surface area contributed by atoms with E-state index in [0.29, 0.717) is 11.6 Å². The minimum absolute atomic E-state index is 0.0464. The minimum atomic E-state index is -0.543. The summed E-state index contributed by atoms with van der Waals surface area (Å²) in [6.07, 6.45) is 1.08. The van der Waals surface area contributed by atoms with Crippen molar-refractivity contribution in [1.82, 2.24) is 4.90 Å². The van der Waals surface area contributed by atoms with Gasteiger partial charge >= 0.3 is 0 Å². The minimum Gasteiger partial charge on any atom is -0.491 e. The van der Waals surface area contributed by atoms with E-state index in [2.05, 4.69) is 4.90 Å². The monoisotopic (exact) mass is 373 g/mol. The van der Waals surface area contributed by atoms with Crippen molar-refractivity contribution in [1.29, 1.82) is 0 Å². The Kier molecular flexibility index (Phi) is 6.67. The first-order chi connectivity index (χ1) is 12.6. The fourth-order valence-corrected chi connectivity index (χ4v) is 3.41. The number of ketones is 1. The van der Waals surface area contributed by atoms with Gasteiger partial charge in [0.1, 0.15) is 18.5 Å². The van der Waals surface area contributed by atoms with Crippen LogP contribution in [0.3, 0.4) is 0 Å². The van der Waals surface area contributed by atoms with Gasteiger partial charge in [-0.15, -0.1) is 0 Å². The summed E-state index contributed by atoms with van der Waals surface area (Å²) >= 11 is 5.88. The van der Waals surface area contributed by atoms with Crippen LogP contribution in [0.25, 0.3) is 0 Å². The molecule has 1 atom stereocenters. The van der Waals surface area contributed by atoms with E-state index in [1.165, 1.54) is 0 Å². The summed E-state index contributed by atoms with van der Waals surface area (Å²) in [5, 5.41) is 10.8. The fraction of sp³-hybridized carbons (Fsp3) is 0.381. The van der Waals surface area contributed by atoms with Crippen molar-refractivity contribution in [2.45, 2.75) is 18.9 Å². The molecule has 0 amide bonds. The third-order valence-electron chi connectivity index (χ3n) is 4.74. The lowest BCUT2D eigenvalue weighted by atomic mass is 9.89. The molecule has 0 saturated carbocycles. The molecule has 1 aliphatic heterocycles. The van der Waals surface area contributed by atoms with E-state index in [9.17, 15) is 9.90 Å². The summed E-state index contributed by atoms with van der Waals surface area (Å²) in [6.45, 7) is 2.46. The Hall–Kier alpha value is -1.88. The Morgan fingerprint density at radius 1 is 1.12 bits per heavy atom. The second-order valence-electron chi connectivity index (χ2n) is 6.72. The van der Waals surface area contributed by atoms with E-state index in [1.54, 1.807) is 24.3 Å². The van der Waals surface area contributed by atoms with E-state index >= 15 is 0 Å². The van der Waals surface area contributed by atoms with Gasteiger partial charge in [0.2, 0.25) is 0 Å². The van der Waals surface area contributed by atoms with E-state index < -0.39 is 6.10 Å². The molecule has 0 spiro atoms. The van der Waals surface area contributed by atoms with Gasteiger partial charge in [-0.1, -0.05) is 29.8 Å². The zero-order valence-electron chi connectivity index (χ0n) is 14.7. The van der Waals surface area contributed by atoms with Crippen LogP contribution >= 0.6 is 11.6 Å². The van der Waals surface area contributed by atoms with Crippen LogP contribution in [-0.4, -0.2) is 48.1 Å². The van der Waals surface area contributed by atoms with Gasteiger partial charge in [-0.3, -0.25) is 4.79 Å². The second-order valence-corrected chi connectivity index (χ2v) is 7.16. The van der Waals surface area contributed by atoms with Crippen molar-refractivity contribution < 1.29 is 14.6 Å². The van der Waals surface area contributed by atoms with E-state index in [1.807, 2.05) is 30.3 Å². The lowest BCUT2D eigenvalue weighted by Gasteiger charge is -2.32. The third-order valence-corrected chi connectivity index (χ3v) is 4.99. The van der Waals surface area contributed by atoms with Crippen molar-refractivity contribution in [2.24, 2.45) is 5.92 Å². The van der Waals surface area contributed by atoms with Crippen LogP contribution < -0.4 is 4.74 Å². The molecule has 2 aromatic carbocycles. The number of piperidine rings is 1. The number of para-hydroxylation sites is 1. The Morgan fingerprint density at radius 2 is 1.77 bits per heavy atom. The third kappa shape index (κ3) is 5.31. The SMILES string of the molecule is O=C(c1ccc(Cl)cc1)C1CCN(C[C@H](O)COc2ccccc2)CC1. The molecule has 0 bridgehead atoms. The molecule has 1 heterocycles. The maximum Gasteiger partial charge on any atom is 0.166 e. The maximum atomic E-state index is 12.6. The number of benzene rings is 2. The first-order valence-electron chi connectivity index (χ1n) is 9.00. The summed E-state index contributed by atoms with van der Waals surface area (Å²) in [5.74, 6) is 0.998. The highest BCUT2D eigenvalue weighted by Gasteiger charge is 2.26. The fourth-order valence-electron chi connectivity index (χ4n) is 3.29. The Bertz CT molecular complexity index is 697. The predicted octanol–water partition coefficient (Wildman–Crippen LogP) is 3.67. The average Bonchev–Trinajstić information content (AvgIpc) is 2.68. The lowest BCUT2D eigenvalue weighted by molar-refractivity contribution is 0.0524. The number of aliphatic hydroxyl groups is 1. The zero-order valence-corrected chi connectivity index (χ0v) is 15.4. The van der Waals surface area contributed by atoms with Crippen LogP contribution in [0.2, 0.25) is 5.02 Å². The van der Waals surface area contributed by atoms with Crippen LogP contribution in [0.15, 0.2) is 54.6 Å². The van der Waals surface area contributed by atoms with Crippen LogP contribution in [0.5, 0.6) is 5.75 Å². The van der Waals surface area contributed by atoms with E-state index in [-0.39, 0.29) is 18.3 Å². The van der Waals surface area contributed by atoms with Crippen LogP contribution in [-0.2, 0) is 0 Å². The van der Waals surface area contributed by atoms with Gasteiger partial charge < -0.3 is 14.7 Å². The number of hydrogen-bond acceptors (Lipinski definition) is 4. The molecule has 0 radical (unpaired) electrons. The van der Waals surface area contributed by atoms with Crippen LogP contribution in [0, 0.1) is 5.92 Å². The molecule has 2 aromatic rings. The van der Waals surface area contributed by atoms with Crippen LogP contribution in [0.4, 0.5) is 0 Å². The van der Waals surface area contributed by atoms with Gasteiger partial charge in [0, 0.05) is 23.0 Å². The molecular formula is C21H24ClNO3. The molecule has 5 heteroatoms. The van der Waals surface area contributed by atoms with E-state index in [0.717, 1.165) is 37.2 Å². The quantitative estimate of drug-likeness (QED) is 0.752.